The zero-order valence-electron chi connectivity index (χ0n) is 13.4. The van der Waals surface area contributed by atoms with Gasteiger partial charge in [-0.2, -0.15) is 0 Å². The van der Waals surface area contributed by atoms with E-state index in [1.807, 2.05) is 64.2 Å². The van der Waals surface area contributed by atoms with Crippen LogP contribution >= 0.6 is 11.8 Å². The summed E-state index contributed by atoms with van der Waals surface area (Å²) < 4.78 is 1.98. The van der Waals surface area contributed by atoms with E-state index >= 15 is 0 Å². The fourth-order valence-corrected chi connectivity index (χ4v) is 3.67. The number of benzene rings is 1. The van der Waals surface area contributed by atoms with Gasteiger partial charge in [0.15, 0.2) is 11.5 Å². The molecule has 0 spiro atoms. The van der Waals surface area contributed by atoms with E-state index in [0.717, 1.165) is 41.3 Å². The molecule has 1 atom stereocenters. The summed E-state index contributed by atoms with van der Waals surface area (Å²) in [6.45, 7) is 0.759. The Hall–Kier alpha value is -2.34. The predicted molar refractivity (Wildman–Crippen MR) is 94.2 cm³/mol. The van der Waals surface area contributed by atoms with Gasteiger partial charge in [-0.05, 0) is 55.5 Å². The van der Waals surface area contributed by atoms with E-state index in [1.54, 1.807) is 11.8 Å². The normalized spacial score (nSPS) is 17.5. The van der Waals surface area contributed by atoms with Crippen LogP contribution in [0.25, 0.3) is 5.65 Å². The van der Waals surface area contributed by atoms with Crippen molar-refractivity contribution >= 4 is 23.3 Å². The predicted octanol–water partition coefficient (Wildman–Crippen LogP) is 3.43. The second-order valence-corrected chi connectivity index (χ2v) is 6.75. The molecular formula is C18H18N4OS. The number of hydrogen-bond donors (Lipinski definition) is 0. The van der Waals surface area contributed by atoms with Gasteiger partial charge < -0.3 is 4.90 Å². The molecule has 3 aromatic rings. The molecule has 0 aliphatic carbocycles. The summed E-state index contributed by atoms with van der Waals surface area (Å²) in [7, 11) is 0. The van der Waals surface area contributed by atoms with Gasteiger partial charge in [0.1, 0.15) is 0 Å². The molecule has 1 amide bonds. The van der Waals surface area contributed by atoms with E-state index < -0.39 is 0 Å². The Morgan fingerprint density at radius 3 is 2.79 bits per heavy atom. The molecule has 0 radical (unpaired) electrons. The number of fused-ring (bicyclic) bond motifs is 1. The van der Waals surface area contributed by atoms with Crippen molar-refractivity contribution in [3.63, 3.8) is 0 Å². The van der Waals surface area contributed by atoms with Gasteiger partial charge in [0.25, 0.3) is 5.91 Å². The molecule has 3 heterocycles. The summed E-state index contributed by atoms with van der Waals surface area (Å²) in [6.07, 6.45) is 5.90. The average molecular weight is 338 g/mol. The number of thioether (sulfide) groups is 1. The van der Waals surface area contributed by atoms with Crippen molar-refractivity contribution in [2.75, 3.05) is 12.8 Å². The highest BCUT2D eigenvalue weighted by molar-refractivity contribution is 7.98. The summed E-state index contributed by atoms with van der Waals surface area (Å²) in [5.41, 5.74) is 1.55. The van der Waals surface area contributed by atoms with Crippen molar-refractivity contribution in [2.45, 2.75) is 23.8 Å². The average Bonchev–Trinajstić information content (AvgIpc) is 3.27. The highest BCUT2D eigenvalue weighted by Crippen LogP contribution is 2.32. The Balaban J connectivity index is 1.65. The Morgan fingerprint density at radius 1 is 1.17 bits per heavy atom. The minimum atomic E-state index is -0.0184. The van der Waals surface area contributed by atoms with Crippen molar-refractivity contribution in [1.29, 1.82) is 0 Å². The van der Waals surface area contributed by atoms with Crippen LogP contribution in [0.4, 0.5) is 0 Å². The molecule has 0 N–H and O–H groups in total. The van der Waals surface area contributed by atoms with Crippen LogP contribution in [0.15, 0.2) is 53.6 Å². The van der Waals surface area contributed by atoms with Gasteiger partial charge in [0, 0.05) is 23.2 Å². The lowest BCUT2D eigenvalue weighted by molar-refractivity contribution is 0.0729. The maximum atomic E-state index is 12.9. The van der Waals surface area contributed by atoms with E-state index in [4.69, 9.17) is 0 Å². The number of aromatic nitrogens is 3. The summed E-state index contributed by atoms with van der Waals surface area (Å²) >= 11 is 1.67. The fourth-order valence-electron chi connectivity index (χ4n) is 3.26. The van der Waals surface area contributed by atoms with E-state index in [-0.39, 0.29) is 11.9 Å². The lowest BCUT2D eigenvalue weighted by Gasteiger charge is -2.23. The molecule has 24 heavy (non-hydrogen) atoms. The first-order valence-corrected chi connectivity index (χ1v) is 9.25. The number of nitrogens with zero attached hydrogens (tertiary/aromatic N) is 4. The second-order valence-electron chi connectivity index (χ2n) is 5.87. The van der Waals surface area contributed by atoms with Crippen LogP contribution in [0.5, 0.6) is 0 Å². The van der Waals surface area contributed by atoms with Crippen LogP contribution in [0.2, 0.25) is 0 Å². The number of hydrogen-bond acceptors (Lipinski definition) is 4. The first-order valence-electron chi connectivity index (χ1n) is 8.02. The van der Waals surface area contributed by atoms with Gasteiger partial charge in [-0.25, -0.2) is 0 Å². The van der Waals surface area contributed by atoms with E-state index in [1.165, 1.54) is 0 Å². The van der Waals surface area contributed by atoms with Crippen LogP contribution < -0.4 is 0 Å². The molecule has 2 aromatic heterocycles. The molecule has 1 aromatic carbocycles. The minimum Gasteiger partial charge on any atom is -0.328 e. The van der Waals surface area contributed by atoms with Crippen molar-refractivity contribution < 1.29 is 4.79 Å². The fraction of sp³-hybridized carbons (Fsp3) is 0.278. The highest BCUT2D eigenvalue weighted by atomic mass is 32.2. The Labute approximate surface area is 144 Å². The van der Waals surface area contributed by atoms with E-state index in [9.17, 15) is 4.79 Å². The topological polar surface area (TPSA) is 50.5 Å². The molecular weight excluding hydrogens is 320 g/mol. The largest absolute Gasteiger partial charge is 0.328 e. The molecule has 0 bridgehead atoms. The third-order valence-electron chi connectivity index (χ3n) is 4.49. The first kappa shape index (κ1) is 15.2. The number of rotatable bonds is 3. The molecule has 4 rings (SSSR count). The van der Waals surface area contributed by atoms with Crippen LogP contribution in [0, 0.1) is 0 Å². The van der Waals surface area contributed by atoms with Crippen LogP contribution in [0.3, 0.4) is 0 Å². The third-order valence-corrected chi connectivity index (χ3v) is 5.23. The van der Waals surface area contributed by atoms with E-state index in [2.05, 4.69) is 10.2 Å². The lowest BCUT2D eigenvalue weighted by atomic mass is 10.1. The second kappa shape index (κ2) is 6.28. The SMILES string of the molecule is CSc1ccc(C(=O)N2CCCC2c2nnc3ccccn23)cc1. The van der Waals surface area contributed by atoms with Gasteiger partial charge in [-0.15, -0.1) is 22.0 Å². The zero-order chi connectivity index (χ0) is 16.5. The molecule has 1 unspecified atom stereocenters. The van der Waals surface area contributed by atoms with Crippen LogP contribution in [-0.4, -0.2) is 38.2 Å². The monoisotopic (exact) mass is 338 g/mol. The number of amides is 1. The van der Waals surface area contributed by atoms with Gasteiger partial charge in [-0.1, -0.05) is 6.07 Å². The molecule has 5 nitrogen and oxygen atoms in total. The molecule has 1 saturated heterocycles. The molecule has 0 saturated carbocycles. The Bertz CT molecular complexity index is 874. The molecule has 122 valence electrons. The van der Waals surface area contributed by atoms with Gasteiger partial charge in [-0.3, -0.25) is 9.20 Å². The van der Waals surface area contributed by atoms with Crippen molar-refractivity contribution in [3.05, 3.63) is 60.0 Å². The third kappa shape index (κ3) is 2.57. The maximum absolute atomic E-state index is 12.9. The maximum Gasteiger partial charge on any atom is 0.254 e. The van der Waals surface area contributed by atoms with Gasteiger partial charge >= 0.3 is 0 Å². The van der Waals surface area contributed by atoms with Crippen molar-refractivity contribution in [1.82, 2.24) is 19.5 Å². The van der Waals surface area contributed by atoms with Crippen molar-refractivity contribution in [3.8, 4) is 0 Å². The number of carbonyl (C=O) groups is 1. The van der Waals surface area contributed by atoms with E-state index in [0.29, 0.717) is 0 Å². The zero-order valence-corrected chi connectivity index (χ0v) is 14.2. The molecule has 1 aliphatic rings. The number of carbonyl (C=O) groups excluding carboxylic acids is 1. The molecule has 1 aliphatic heterocycles. The summed E-state index contributed by atoms with van der Waals surface area (Å²) in [4.78, 5) is 16.0. The standard InChI is InChI=1S/C18H18N4OS/c1-24-14-9-7-13(8-10-14)18(23)21-12-4-5-15(21)17-20-19-16-6-2-3-11-22(16)17/h2-3,6-11,15H,4-5,12H2,1H3. The van der Waals surface area contributed by atoms with Crippen molar-refractivity contribution in [2.24, 2.45) is 0 Å². The van der Waals surface area contributed by atoms with Crippen LogP contribution in [-0.2, 0) is 0 Å². The Morgan fingerprint density at radius 2 is 2.00 bits per heavy atom. The first-order chi connectivity index (χ1) is 11.8. The van der Waals surface area contributed by atoms with Gasteiger partial charge in [0.05, 0.1) is 6.04 Å². The number of likely N-dealkylation sites (tertiary alicyclic amines) is 1. The van der Waals surface area contributed by atoms with Gasteiger partial charge in [0.2, 0.25) is 0 Å². The molecule has 6 heteroatoms. The quantitative estimate of drug-likeness (QED) is 0.687. The smallest absolute Gasteiger partial charge is 0.254 e. The number of pyridine rings is 1. The van der Waals surface area contributed by atoms with Crippen LogP contribution in [0.1, 0.15) is 35.1 Å². The minimum absolute atomic E-state index is 0.0184. The lowest BCUT2D eigenvalue weighted by Crippen LogP contribution is -2.31. The molecule has 1 fully saturated rings. The highest BCUT2D eigenvalue weighted by Gasteiger charge is 2.33. The Kier molecular flexibility index (Phi) is 3.98. The summed E-state index contributed by atoms with van der Waals surface area (Å²) in [5.74, 6) is 0.912. The summed E-state index contributed by atoms with van der Waals surface area (Å²) in [6, 6.07) is 13.6. The summed E-state index contributed by atoms with van der Waals surface area (Å²) in [5, 5.41) is 8.57.